The summed E-state index contributed by atoms with van der Waals surface area (Å²) in [6.07, 6.45) is 0. The maximum absolute atomic E-state index is 8.48. The van der Waals surface area contributed by atoms with E-state index in [1.54, 1.807) is 0 Å². The first kappa shape index (κ1) is 36.3. The average molecular weight is 562 g/mol. The van der Waals surface area contributed by atoms with Crippen LogP contribution in [0, 0.1) is 80.4 Å². The van der Waals surface area contributed by atoms with Gasteiger partial charge in [0.05, 0.1) is 0 Å². The predicted molar refractivity (Wildman–Crippen MR) is 30.8 cm³/mol. The standard InChI is InChI=1S/Ce.Mg.3HO3P.Tb.2H/c;;3*1-4(2)3;;;/h;;3*(H,1,2,3);;;/q+3;+2;;;;;2*-1/p-3. The summed E-state index contributed by atoms with van der Waals surface area (Å²) < 4.78 is 25.4. The summed E-state index contributed by atoms with van der Waals surface area (Å²) in [6, 6.07) is 0. The van der Waals surface area contributed by atoms with Gasteiger partial charge in [0.15, 0.2) is 0 Å². The molecular formula is H2CeMgO9P3Tb. The smallest absolute Gasteiger partial charge is 1.00 e. The first-order valence-corrected chi connectivity index (χ1v) is 4.93. The Bertz CT molecular complexity index is 132. The van der Waals surface area contributed by atoms with Crippen LogP contribution in [0.15, 0.2) is 0 Å². The predicted octanol–water partition coefficient (Wildman–Crippen LogP) is -5.06. The van der Waals surface area contributed by atoms with Crippen LogP contribution < -0.4 is 29.4 Å². The Labute approximate surface area is 171 Å². The Hall–Kier alpha value is 3.49. The largest absolute Gasteiger partial charge is 3.00 e. The topological polar surface area (TPSA) is 190 Å². The van der Waals surface area contributed by atoms with Gasteiger partial charge in [-0.25, -0.2) is 0 Å². The van der Waals surface area contributed by atoms with Crippen molar-refractivity contribution in [2.24, 2.45) is 0 Å². The van der Waals surface area contributed by atoms with Crippen molar-refractivity contribution in [3.8, 4) is 0 Å². The van der Waals surface area contributed by atoms with Crippen LogP contribution in [-0.4, -0.2) is 23.1 Å². The summed E-state index contributed by atoms with van der Waals surface area (Å²) in [7, 11) is -10.1. The Morgan fingerprint density at radius 1 is 0.667 bits per heavy atom. The third-order valence-corrected chi connectivity index (χ3v) is 0. The van der Waals surface area contributed by atoms with E-state index in [1.807, 2.05) is 0 Å². The summed E-state index contributed by atoms with van der Waals surface area (Å²) >= 11 is 0. The number of rotatable bonds is 0. The van der Waals surface area contributed by atoms with E-state index in [1.165, 1.54) is 0 Å². The molecule has 86 valence electrons. The zero-order valence-corrected chi connectivity index (χ0v) is 15.9. The van der Waals surface area contributed by atoms with Gasteiger partial charge in [0.25, 0.3) is 24.8 Å². The quantitative estimate of drug-likeness (QED) is 0.206. The van der Waals surface area contributed by atoms with Crippen molar-refractivity contribution in [1.82, 2.24) is 0 Å². The van der Waals surface area contributed by atoms with Crippen molar-refractivity contribution in [2.45, 2.75) is 0 Å². The molecule has 0 fully saturated rings. The summed E-state index contributed by atoms with van der Waals surface area (Å²) in [4.78, 5) is 50.9. The maximum atomic E-state index is 8.48. The maximum Gasteiger partial charge on any atom is 3.00 e. The molecule has 0 aliphatic carbocycles. The molecule has 15 heteroatoms. The molecule has 0 spiro atoms. The fourth-order valence-electron chi connectivity index (χ4n) is 0. The van der Waals surface area contributed by atoms with Crippen LogP contribution in [0.25, 0.3) is 0 Å². The van der Waals surface area contributed by atoms with Crippen LogP contribution in [0.3, 0.4) is 0 Å². The minimum absolute atomic E-state index is 0. The van der Waals surface area contributed by atoms with Gasteiger partial charge in [-0.1, -0.05) is 13.7 Å². The zero-order valence-electron chi connectivity index (χ0n) is 8.56. The average Bonchev–Trinajstić information content (AvgIpc) is 1.54. The molecular weight excluding hydrogens is 560 g/mol. The molecule has 0 unspecified atom stereocenters. The van der Waals surface area contributed by atoms with Crippen LogP contribution in [0.1, 0.15) is 2.85 Å². The molecule has 2 radical (unpaired) electrons. The number of hydrogen-bond acceptors (Lipinski definition) is 9. The molecule has 0 amide bonds. The second-order valence-corrected chi connectivity index (χ2v) is 2.01. The van der Waals surface area contributed by atoms with Crippen molar-refractivity contribution in [2.75, 3.05) is 0 Å². The summed E-state index contributed by atoms with van der Waals surface area (Å²) in [5, 5.41) is 0. The van der Waals surface area contributed by atoms with E-state index in [-0.39, 0.29) is 106 Å². The van der Waals surface area contributed by atoms with Gasteiger partial charge in [-0.3, -0.25) is 0 Å². The summed E-state index contributed by atoms with van der Waals surface area (Å²) in [6.45, 7) is 0. The molecule has 0 bridgehead atoms. The molecule has 0 atom stereocenters. The molecule has 0 rings (SSSR count). The third-order valence-electron chi connectivity index (χ3n) is 0. The van der Waals surface area contributed by atoms with Crippen LogP contribution in [-0.2, 0) is 13.7 Å². The molecule has 9 nitrogen and oxygen atoms in total. The minimum atomic E-state index is -3.37. The molecule has 15 heavy (non-hydrogen) atoms. The fraction of sp³-hybridized carbons (Fsp3) is 0. The summed E-state index contributed by atoms with van der Waals surface area (Å²) in [5.74, 6) is 0. The van der Waals surface area contributed by atoms with Gasteiger partial charge in [0.2, 0.25) is 0 Å². The van der Waals surface area contributed by atoms with Gasteiger partial charge in [0.1, 0.15) is 0 Å². The molecule has 0 aromatic carbocycles. The van der Waals surface area contributed by atoms with Crippen LogP contribution in [0.4, 0.5) is 0 Å². The SMILES string of the molecule is O=[P+]([O-])[O-].O=[P+]([O-])[O-].O=[P+]([O-])[O-].[Ce+3].[H-].[H-].[Mg+2].[Tb]. The monoisotopic (exact) mass is 562 g/mol. The Morgan fingerprint density at radius 3 is 0.667 bits per heavy atom. The van der Waals surface area contributed by atoms with Crippen molar-refractivity contribution < 1.29 is 126 Å². The Morgan fingerprint density at radius 2 is 0.667 bits per heavy atom. The minimum Gasteiger partial charge on any atom is -1.00 e. The van der Waals surface area contributed by atoms with Crippen LogP contribution >= 0.6 is 24.8 Å². The Balaban J connectivity index is -0.0000000104. The second kappa shape index (κ2) is 30.5. The van der Waals surface area contributed by atoms with E-state index in [4.69, 9.17) is 43.1 Å². The molecule has 0 heterocycles. The van der Waals surface area contributed by atoms with Gasteiger partial charge in [-0.2, -0.15) is 0 Å². The summed E-state index contributed by atoms with van der Waals surface area (Å²) in [5.41, 5.74) is 0. The van der Waals surface area contributed by atoms with Crippen molar-refractivity contribution in [3.63, 3.8) is 0 Å². The molecule has 0 N–H and O–H groups in total. The van der Waals surface area contributed by atoms with Gasteiger partial charge < -0.3 is 32.2 Å². The van der Waals surface area contributed by atoms with Gasteiger partial charge in [-0.05, 0) is 0 Å². The normalized spacial score (nSPS) is 5.20. The van der Waals surface area contributed by atoms with E-state index < -0.39 is 24.8 Å². The van der Waals surface area contributed by atoms with Crippen LogP contribution in [0.5, 0.6) is 0 Å². The third kappa shape index (κ3) is 345. The second-order valence-electron chi connectivity index (χ2n) is 0.671. The van der Waals surface area contributed by atoms with E-state index in [0.717, 1.165) is 0 Å². The first-order chi connectivity index (χ1) is 5.20. The molecule has 0 aromatic rings. The van der Waals surface area contributed by atoms with Gasteiger partial charge >= 0.3 is 64.8 Å². The molecule has 0 aliphatic heterocycles. The van der Waals surface area contributed by atoms with Crippen LogP contribution in [0.2, 0.25) is 0 Å². The van der Waals surface area contributed by atoms with Crippen molar-refractivity contribution in [3.05, 3.63) is 0 Å². The van der Waals surface area contributed by atoms with E-state index >= 15 is 0 Å². The van der Waals surface area contributed by atoms with Gasteiger partial charge in [0, 0.05) is 38.6 Å². The fourth-order valence-corrected chi connectivity index (χ4v) is 0. The van der Waals surface area contributed by atoms with E-state index in [9.17, 15) is 0 Å². The van der Waals surface area contributed by atoms with Gasteiger partial charge in [-0.15, -0.1) is 0 Å². The Kier molecular flexibility index (Phi) is 73.7. The first-order valence-electron chi connectivity index (χ1n) is 1.64. The van der Waals surface area contributed by atoms with E-state index in [0.29, 0.717) is 0 Å². The van der Waals surface area contributed by atoms with Crippen molar-refractivity contribution in [1.29, 1.82) is 0 Å². The molecule has 0 saturated carbocycles. The van der Waals surface area contributed by atoms with Crippen molar-refractivity contribution >= 4 is 47.8 Å². The number of hydrogen-bond donors (Lipinski definition) is 0. The molecule has 0 aromatic heterocycles. The zero-order chi connectivity index (χ0) is 10.7. The molecule has 0 aliphatic rings. The van der Waals surface area contributed by atoms with E-state index in [2.05, 4.69) is 0 Å². The molecule has 0 saturated heterocycles.